The van der Waals surface area contributed by atoms with Crippen LogP contribution in [0.5, 0.6) is 0 Å². The second-order valence-electron chi connectivity index (χ2n) is 5.30. The Balaban J connectivity index is 1.98. The summed E-state index contributed by atoms with van der Waals surface area (Å²) in [6.45, 7) is 2.07. The van der Waals surface area contributed by atoms with Crippen LogP contribution in [0.2, 0.25) is 0 Å². The molecule has 3 heteroatoms. The van der Waals surface area contributed by atoms with Crippen LogP contribution in [0.15, 0.2) is 36.8 Å². The molecule has 2 aromatic heterocycles. The van der Waals surface area contributed by atoms with Crippen LogP contribution in [0.4, 0.5) is 0 Å². The quantitative estimate of drug-likeness (QED) is 0.895. The van der Waals surface area contributed by atoms with E-state index in [1.54, 1.807) is 0 Å². The lowest BCUT2D eigenvalue weighted by molar-refractivity contribution is 0.461. The van der Waals surface area contributed by atoms with Crippen LogP contribution in [0.3, 0.4) is 0 Å². The van der Waals surface area contributed by atoms with E-state index < -0.39 is 0 Å². The van der Waals surface area contributed by atoms with Crippen molar-refractivity contribution in [2.24, 2.45) is 5.73 Å². The molecule has 0 aliphatic heterocycles. The molecule has 0 fully saturated rings. The van der Waals surface area contributed by atoms with Crippen LogP contribution < -0.4 is 5.73 Å². The number of fused-ring (bicyclic) bond motifs is 1. The smallest absolute Gasteiger partial charge is 0.0485 e. The van der Waals surface area contributed by atoms with Gasteiger partial charge in [-0.15, -0.1) is 0 Å². The Morgan fingerprint density at radius 3 is 3.05 bits per heavy atom. The van der Waals surface area contributed by atoms with E-state index in [-0.39, 0.29) is 6.04 Å². The molecule has 19 heavy (non-hydrogen) atoms. The summed E-state index contributed by atoms with van der Waals surface area (Å²) in [6.07, 6.45) is 9.03. The van der Waals surface area contributed by atoms with Crippen LogP contribution in [-0.2, 0) is 6.42 Å². The SMILES string of the molecule is Cc1cnccc1C(N)C1CCCc2cccnc21. The fraction of sp³-hybridized carbons (Fsp3) is 0.375. The van der Waals surface area contributed by atoms with Crippen molar-refractivity contribution in [3.8, 4) is 0 Å². The van der Waals surface area contributed by atoms with E-state index in [4.69, 9.17) is 5.73 Å². The van der Waals surface area contributed by atoms with Crippen molar-refractivity contribution in [1.29, 1.82) is 0 Å². The highest BCUT2D eigenvalue weighted by atomic mass is 14.8. The van der Waals surface area contributed by atoms with Crippen molar-refractivity contribution in [2.45, 2.75) is 38.1 Å². The summed E-state index contributed by atoms with van der Waals surface area (Å²) in [5.41, 5.74) is 11.4. The van der Waals surface area contributed by atoms with E-state index in [1.807, 2.05) is 30.7 Å². The van der Waals surface area contributed by atoms with Crippen LogP contribution >= 0.6 is 0 Å². The minimum Gasteiger partial charge on any atom is -0.323 e. The molecule has 1 aliphatic carbocycles. The minimum atomic E-state index is 0.0111. The highest BCUT2D eigenvalue weighted by Crippen LogP contribution is 2.38. The monoisotopic (exact) mass is 253 g/mol. The van der Waals surface area contributed by atoms with Crippen molar-refractivity contribution in [3.63, 3.8) is 0 Å². The van der Waals surface area contributed by atoms with Gasteiger partial charge in [0.2, 0.25) is 0 Å². The molecule has 2 N–H and O–H groups in total. The van der Waals surface area contributed by atoms with Crippen molar-refractivity contribution in [3.05, 3.63) is 59.2 Å². The summed E-state index contributed by atoms with van der Waals surface area (Å²) in [6, 6.07) is 6.25. The molecule has 0 radical (unpaired) electrons. The fourth-order valence-electron chi connectivity index (χ4n) is 3.07. The lowest BCUT2D eigenvalue weighted by atomic mass is 9.79. The van der Waals surface area contributed by atoms with Gasteiger partial charge in [-0.25, -0.2) is 0 Å². The average Bonchev–Trinajstić information content (AvgIpc) is 2.46. The number of nitrogens with two attached hydrogens (primary N) is 1. The lowest BCUT2D eigenvalue weighted by Crippen LogP contribution is -2.25. The van der Waals surface area contributed by atoms with Crippen LogP contribution in [0.25, 0.3) is 0 Å². The maximum atomic E-state index is 6.52. The van der Waals surface area contributed by atoms with E-state index in [0.717, 1.165) is 18.4 Å². The number of hydrogen-bond acceptors (Lipinski definition) is 3. The molecular formula is C16H19N3. The van der Waals surface area contributed by atoms with E-state index >= 15 is 0 Å². The zero-order valence-corrected chi connectivity index (χ0v) is 11.2. The first-order valence-electron chi connectivity index (χ1n) is 6.87. The molecule has 0 amide bonds. The van der Waals surface area contributed by atoms with Crippen molar-refractivity contribution >= 4 is 0 Å². The standard InChI is InChI=1S/C16H19N3/c1-11-10-18-9-7-13(11)15(17)14-6-2-4-12-5-3-8-19-16(12)14/h3,5,7-10,14-15H,2,4,6,17H2,1H3. The van der Waals surface area contributed by atoms with Gasteiger partial charge >= 0.3 is 0 Å². The maximum absolute atomic E-state index is 6.52. The third kappa shape index (κ3) is 2.26. The number of pyridine rings is 2. The van der Waals surface area contributed by atoms with Crippen molar-refractivity contribution < 1.29 is 0 Å². The van der Waals surface area contributed by atoms with Crippen LogP contribution in [-0.4, -0.2) is 9.97 Å². The van der Waals surface area contributed by atoms with Gasteiger partial charge in [0.25, 0.3) is 0 Å². The molecule has 1 aliphatic rings. The lowest BCUT2D eigenvalue weighted by Gasteiger charge is -2.30. The Morgan fingerprint density at radius 1 is 1.32 bits per heavy atom. The zero-order valence-electron chi connectivity index (χ0n) is 11.2. The molecule has 0 saturated heterocycles. The van der Waals surface area contributed by atoms with Gasteiger partial charge in [-0.2, -0.15) is 0 Å². The Bertz CT molecular complexity index is 580. The third-order valence-corrected chi connectivity index (χ3v) is 4.09. The van der Waals surface area contributed by atoms with E-state index in [1.165, 1.54) is 23.2 Å². The number of nitrogens with zero attached hydrogens (tertiary/aromatic N) is 2. The second kappa shape index (κ2) is 5.10. The molecule has 2 unspecified atom stereocenters. The number of rotatable bonds is 2. The highest BCUT2D eigenvalue weighted by Gasteiger charge is 2.28. The molecule has 0 saturated carbocycles. The Morgan fingerprint density at radius 2 is 2.21 bits per heavy atom. The molecule has 0 spiro atoms. The molecule has 2 heterocycles. The van der Waals surface area contributed by atoms with E-state index in [9.17, 15) is 0 Å². The average molecular weight is 253 g/mol. The van der Waals surface area contributed by atoms with E-state index in [2.05, 4.69) is 23.0 Å². The van der Waals surface area contributed by atoms with Gasteiger partial charge in [-0.3, -0.25) is 9.97 Å². The molecule has 0 bridgehead atoms. The highest BCUT2D eigenvalue weighted by molar-refractivity contribution is 5.33. The Kier molecular flexibility index (Phi) is 3.30. The molecular weight excluding hydrogens is 234 g/mol. The van der Waals surface area contributed by atoms with Crippen molar-refractivity contribution in [1.82, 2.24) is 9.97 Å². The van der Waals surface area contributed by atoms with Gasteiger partial charge in [0.1, 0.15) is 0 Å². The van der Waals surface area contributed by atoms with Crippen LogP contribution in [0, 0.1) is 6.92 Å². The van der Waals surface area contributed by atoms with Gasteiger partial charge in [0.15, 0.2) is 0 Å². The summed E-state index contributed by atoms with van der Waals surface area (Å²) in [5, 5.41) is 0. The first kappa shape index (κ1) is 12.3. The summed E-state index contributed by atoms with van der Waals surface area (Å²) >= 11 is 0. The number of aromatic nitrogens is 2. The Labute approximate surface area is 113 Å². The number of hydrogen-bond donors (Lipinski definition) is 1. The molecule has 3 nitrogen and oxygen atoms in total. The maximum Gasteiger partial charge on any atom is 0.0485 e. The second-order valence-corrected chi connectivity index (χ2v) is 5.30. The molecule has 2 atom stereocenters. The fourth-order valence-corrected chi connectivity index (χ4v) is 3.07. The molecule has 98 valence electrons. The van der Waals surface area contributed by atoms with Gasteiger partial charge in [0, 0.05) is 36.2 Å². The normalized spacial score (nSPS) is 19.8. The number of aryl methyl sites for hydroxylation is 2. The summed E-state index contributed by atoms with van der Waals surface area (Å²) in [5.74, 6) is 0.325. The molecule has 3 rings (SSSR count). The first-order chi connectivity index (χ1) is 9.27. The minimum absolute atomic E-state index is 0.0111. The first-order valence-corrected chi connectivity index (χ1v) is 6.87. The van der Waals surface area contributed by atoms with Gasteiger partial charge in [-0.1, -0.05) is 6.07 Å². The molecule has 0 aromatic carbocycles. The van der Waals surface area contributed by atoms with Gasteiger partial charge in [0.05, 0.1) is 0 Å². The topological polar surface area (TPSA) is 51.8 Å². The van der Waals surface area contributed by atoms with Gasteiger partial charge in [-0.05, 0) is 55.0 Å². The summed E-state index contributed by atoms with van der Waals surface area (Å²) < 4.78 is 0. The molecule has 2 aromatic rings. The van der Waals surface area contributed by atoms with Gasteiger partial charge < -0.3 is 5.73 Å². The predicted octanol–water partition coefficient (Wildman–Crippen LogP) is 2.90. The third-order valence-electron chi connectivity index (χ3n) is 4.09. The van der Waals surface area contributed by atoms with E-state index in [0.29, 0.717) is 5.92 Å². The predicted molar refractivity (Wildman–Crippen MR) is 75.8 cm³/mol. The van der Waals surface area contributed by atoms with Crippen molar-refractivity contribution in [2.75, 3.05) is 0 Å². The zero-order chi connectivity index (χ0) is 13.2. The Hall–Kier alpha value is -1.74. The largest absolute Gasteiger partial charge is 0.323 e. The van der Waals surface area contributed by atoms with Crippen LogP contribution in [0.1, 0.15) is 47.2 Å². The summed E-state index contributed by atoms with van der Waals surface area (Å²) in [4.78, 5) is 8.73. The summed E-state index contributed by atoms with van der Waals surface area (Å²) in [7, 11) is 0.